The third-order valence-electron chi connectivity index (χ3n) is 5.42. The van der Waals surface area contributed by atoms with E-state index >= 15 is 0 Å². The molecular weight excluding hydrogens is 392 g/mol. The zero-order valence-corrected chi connectivity index (χ0v) is 18.6. The van der Waals surface area contributed by atoms with Gasteiger partial charge in [-0.2, -0.15) is 4.83 Å². The molecule has 0 radical (unpaired) electrons. The van der Waals surface area contributed by atoms with Crippen molar-refractivity contribution >= 4 is 27.7 Å². The molecule has 156 valence electrons. The summed E-state index contributed by atoms with van der Waals surface area (Å²) in [5.74, 6) is 0.616. The molecular formula is C20H32N4O2S2. The van der Waals surface area contributed by atoms with E-state index in [1.54, 1.807) is 32.7 Å². The maximum atomic E-state index is 12.3. The molecule has 1 aliphatic heterocycles. The average molecular weight is 425 g/mol. The molecule has 1 aliphatic carbocycles. The van der Waals surface area contributed by atoms with Crippen LogP contribution in [0.1, 0.15) is 57.6 Å². The molecule has 28 heavy (non-hydrogen) atoms. The van der Waals surface area contributed by atoms with Gasteiger partial charge in [-0.3, -0.25) is 0 Å². The molecule has 0 bridgehead atoms. The van der Waals surface area contributed by atoms with Gasteiger partial charge in [-0.15, -0.1) is 0 Å². The Morgan fingerprint density at radius 3 is 2.36 bits per heavy atom. The average Bonchev–Trinajstić information content (AvgIpc) is 3.17. The number of rotatable bonds is 7. The summed E-state index contributed by atoms with van der Waals surface area (Å²) in [4.78, 5) is 3.00. The van der Waals surface area contributed by atoms with Crippen molar-refractivity contribution < 1.29 is 8.42 Å². The van der Waals surface area contributed by atoms with Gasteiger partial charge in [0.15, 0.2) is 0 Å². The third kappa shape index (κ3) is 5.73. The van der Waals surface area contributed by atoms with Crippen molar-refractivity contribution in [2.24, 2.45) is 5.92 Å². The summed E-state index contributed by atoms with van der Waals surface area (Å²) in [7, 11) is -3.26. The Balaban J connectivity index is 1.38. The van der Waals surface area contributed by atoms with Crippen LogP contribution in [0.25, 0.3) is 5.70 Å². The maximum absolute atomic E-state index is 12.3. The van der Waals surface area contributed by atoms with Gasteiger partial charge in [0.25, 0.3) is 0 Å². The van der Waals surface area contributed by atoms with Crippen molar-refractivity contribution in [2.45, 2.75) is 63.8 Å². The van der Waals surface area contributed by atoms with E-state index in [9.17, 15) is 8.42 Å². The van der Waals surface area contributed by atoms with Gasteiger partial charge < -0.3 is 10.7 Å². The Labute approximate surface area is 173 Å². The van der Waals surface area contributed by atoms with Crippen LogP contribution in [0.2, 0.25) is 0 Å². The van der Waals surface area contributed by atoms with Crippen molar-refractivity contribution in [3.8, 4) is 0 Å². The summed E-state index contributed by atoms with van der Waals surface area (Å²) in [6, 6.07) is 8.67. The summed E-state index contributed by atoms with van der Waals surface area (Å²) < 4.78 is 26.8. The number of nitrogens with one attached hydrogen (secondary N) is 4. The van der Waals surface area contributed by atoms with Gasteiger partial charge >= 0.3 is 0 Å². The highest BCUT2D eigenvalue weighted by molar-refractivity contribution is 8.00. The molecule has 0 unspecified atom stereocenters. The van der Waals surface area contributed by atoms with Crippen LogP contribution in [0.3, 0.4) is 0 Å². The number of hydrogen-bond donors (Lipinski definition) is 4. The minimum atomic E-state index is -3.26. The van der Waals surface area contributed by atoms with E-state index in [1.807, 2.05) is 0 Å². The fourth-order valence-electron chi connectivity index (χ4n) is 3.45. The van der Waals surface area contributed by atoms with E-state index < -0.39 is 14.8 Å². The molecule has 6 nitrogen and oxygen atoms in total. The van der Waals surface area contributed by atoms with Crippen LogP contribution in [-0.4, -0.2) is 25.8 Å². The van der Waals surface area contributed by atoms with Gasteiger partial charge in [-0.05, 0) is 82.0 Å². The summed E-state index contributed by atoms with van der Waals surface area (Å²) in [5, 5.41) is 5.62. The Morgan fingerprint density at radius 1 is 1.11 bits per heavy atom. The molecule has 0 saturated heterocycles. The van der Waals surface area contributed by atoms with E-state index in [1.165, 1.54) is 11.1 Å². The lowest BCUT2D eigenvalue weighted by atomic mass is 9.86. The number of sulfonamides is 1. The minimum absolute atomic E-state index is 0.0826. The first kappa shape index (κ1) is 21.6. The molecule has 2 aliphatic rings. The predicted molar refractivity (Wildman–Crippen MR) is 118 cm³/mol. The van der Waals surface area contributed by atoms with Crippen LogP contribution in [0.4, 0.5) is 0 Å². The largest absolute Gasteiger partial charge is 0.312 e. The molecule has 0 atom stereocenters. The fourth-order valence-corrected chi connectivity index (χ4v) is 5.01. The second-order valence-corrected chi connectivity index (χ2v) is 11.8. The molecule has 3 rings (SSSR count). The lowest BCUT2D eigenvalue weighted by molar-refractivity contribution is 0.301. The highest BCUT2D eigenvalue weighted by atomic mass is 32.2. The summed E-state index contributed by atoms with van der Waals surface area (Å²) in [6.07, 6.45) is 3.97. The third-order valence-corrected chi connectivity index (χ3v) is 8.25. The lowest BCUT2D eigenvalue weighted by Crippen LogP contribution is -2.46. The summed E-state index contributed by atoms with van der Waals surface area (Å²) >= 11 is 1.54. The molecule has 1 aromatic rings. The van der Waals surface area contributed by atoms with Gasteiger partial charge in [0, 0.05) is 18.0 Å². The first-order valence-corrected chi connectivity index (χ1v) is 12.3. The molecule has 0 aromatic heterocycles. The number of hydrazine groups is 1. The maximum Gasteiger partial charge on any atom is 0.216 e. The minimum Gasteiger partial charge on any atom is -0.312 e. The number of hydrogen-bond acceptors (Lipinski definition) is 6. The predicted octanol–water partition coefficient (Wildman–Crippen LogP) is 3.11. The number of benzene rings is 1. The molecule has 1 aromatic carbocycles. The van der Waals surface area contributed by atoms with E-state index in [2.05, 4.69) is 50.0 Å². The topological polar surface area (TPSA) is 82.3 Å². The summed E-state index contributed by atoms with van der Waals surface area (Å²) in [5.41, 5.74) is 6.67. The normalized spacial score (nSPS) is 23.3. The van der Waals surface area contributed by atoms with Crippen molar-refractivity contribution in [2.75, 3.05) is 6.54 Å². The van der Waals surface area contributed by atoms with E-state index in [-0.39, 0.29) is 6.04 Å². The Bertz CT molecular complexity index is 777. The monoisotopic (exact) mass is 424 g/mol. The van der Waals surface area contributed by atoms with Crippen LogP contribution in [-0.2, 0) is 16.6 Å². The molecule has 1 saturated carbocycles. The van der Waals surface area contributed by atoms with Gasteiger partial charge in [-0.1, -0.05) is 24.3 Å². The van der Waals surface area contributed by atoms with Crippen LogP contribution < -0.4 is 20.3 Å². The lowest BCUT2D eigenvalue weighted by Gasteiger charge is -2.31. The standard InChI is InChI=1S/C20H32N4O2S2/c1-20(2,3)28(25,26)23-18-10-6-16(7-11-18)13-21-12-15-4-8-17(9-5-15)19-14-27-24-22-19/h4-5,8-9,14,16,18,21-24H,6-7,10-13H2,1-3H3. The molecule has 0 spiro atoms. The smallest absolute Gasteiger partial charge is 0.216 e. The SMILES string of the molecule is CC(C)(C)S(=O)(=O)NC1CCC(CNCc2ccc(C3=CSNN3)cc2)CC1. The van der Waals surface area contributed by atoms with Crippen molar-refractivity contribution in [3.05, 3.63) is 40.8 Å². The van der Waals surface area contributed by atoms with Gasteiger partial charge in [0.1, 0.15) is 0 Å². The van der Waals surface area contributed by atoms with Gasteiger partial charge in [0.05, 0.1) is 10.4 Å². The quantitative estimate of drug-likeness (QED) is 0.504. The first-order chi connectivity index (χ1) is 13.2. The second kappa shape index (κ2) is 9.17. The van der Waals surface area contributed by atoms with E-state index in [0.29, 0.717) is 5.92 Å². The van der Waals surface area contributed by atoms with Gasteiger partial charge in [0.2, 0.25) is 10.0 Å². The fraction of sp³-hybridized carbons (Fsp3) is 0.600. The van der Waals surface area contributed by atoms with E-state index in [4.69, 9.17) is 0 Å². The molecule has 1 fully saturated rings. The van der Waals surface area contributed by atoms with Crippen LogP contribution in [0, 0.1) is 5.92 Å². The van der Waals surface area contributed by atoms with Crippen LogP contribution in [0.15, 0.2) is 29.7 Å². The van der Waals surface area contributed by atoms with E-state index in [0.717, 1.165) is 44.5 Å². The Hall–Kier alpha value is -1.06. The van der Waals surface area contributed by atoms with Crippen molar-refractivity contribution in [1.29, 1.82) is 0 Å². The highest BCUT2D eigenvalue weighted by Crippen LogP contribution is 2.26. The van der Waals surface area contributed by atoms with Crippen LogP contribution in [0.5, 0.6) is 0 Å². The Kier molecular flexibility index (Phi) is 7.09. The first-order valence-electron chi connectivity index (χ1n) is 9.93. The zero-order valence-electron chi connectivity index (χ0n) is 16.9. The van der Waals surface area contributed by atoms with Crippen LogP contribution >= 0.6 is 11.9 Å². The summed E-state index contributed by atoms with van der Waals surface area (Å²) in [6.45, 7) is 7.07. The molecule has 4 N–H and O–H groups in total. The second-order valence-electron chi connectivity index (χ2n) is 8.66. The highest BCUT2D eigenvalue weighted by Gasteiger charge is 2.32. The molecule has 8 heteroatoms. The molecule has 1 heterocycles. The Morgan fingerprint density at radius 2 is 1.79 bits per heavy atom. The zero-order chi connectivity index (χ0) is 20.2. The van der Waals surface area contributed by atoms with Gasteiger partial charge in [-0.25, -0.2) is 13.1 Å². The van der Waals surface area contributed by atoms with Crippen molar-refractivity contribution in [1.82, 2.24) is 20.3 Å². The van der Waals surface area contributed by atoms with Crippen molar-refractivity contribution in [3.63, 3.8) is 0 Å². The molecule has 0 amide bonds.